The zero-order valence-corrected chi connectivity index (χ0v) is 8.53. The van der Waals surface area contributed by atoms with E-state index in [-0.39, 0.29) is 0 Å². The van der Waals surface area contributed by atoms with Crippen molar-refractivity contribution in [3.05, 3.63) is 42.5 Å². The van der Waals surface area contributed by atoms with Crippen molar-refractivity contribution in [2.75, 3.05) is 12.4 Å². The summed E-state index contributed by atoms with van der Waals surface area (Å²) in [5.41, 5.74) is 2.16. The summed E-state index contributed by atoms with van der Waals surface area (Å²) in [7, 11) is 1.64. The molecule has 0 saturated carbocycles. The summed E-state index contributed by atoms with van der Waals surface area (Å²) in [4.78, 5) is 7.07. The predicted octanol–water partition coefficient (Wildman–Crippen LogP) is 2.03. The average molecular weight is 203 g/mol. The number of nitrogens with one attached hydrogen (secondary N) is 2. The molecule has 0 aromatic carbocycles. The van der Waals surface area contributed by atoms with Crippen molar-refractivity contribution in [2.24, 2.45) is 0 Å². The molecule has 0 amide bonds. The van der Waals surface area contributed by atoms with Gasteiger partial charge in [0.2, 0.25) is 0 Å². The third-order valence-electron chi connectivity index (χ3n) is 2.10. The van der Waals surface area contributed by atoms with Crippen LogP contribution in [0.1, 0.15) is 5.56 Å². The van der Waals surface area contributed by atoms with Crippen LogP contribution in [0.15, 0.2) is 36.9 Å². The van der Waals surface area contributed by atoms with Crippen molar-refractivity contribution in [3.8, 4) is 5.75 Å². The minimum absolute atomic E-state index is 0.738. The number of H-pyrrole nitrogens is 1. The Morgan fingerprint density at radius 2 is 2.40 bits per heavy atom. The van der Waals surface area contributed by atoms with Gasteiger partial charge in [0.1, 0.15) is 5.75 Å². The molecule has 0 radical (unpaired) electrons. The molecule has 0 aliphatic carbocycles. The van der Waals surface area contributed by atoms with E-state index in [1.54, 1.807) is 13.3 Å². The number of anilines is 1. The second kappa shape index (κ2) is 4.50. The van der Waals surface area contributed by atoms with Gasteiger partial charge in [0.05, 0.1) is 19.0 Å². The Labute approximate surface area is 88.3 Å². The van der Waals surface area contributed by atoms with Gasteiger partial charge in [-0.05, 0) is 17.7 Å². The van der Waals surface area contributed by atoms with Gasteiger partial charge in [0.25, 0.3) is 0 Å². The van der Waals surface area contributed by atoms with Gasteiger partial charge in [0.15, 0.2) is 0 Å². The van der Waals surface area contributed by atoms with Crippen LogP contribution in [0, 0.1) is 0 Å². The van der Waals surface area contributed by atoms with Crippen LogP contribution >= 0.6 is 0 Å². The van der Waals surface area contributed by atoms with E-state index < -0.39 is 0 Å². The van der Waals surface area contributed by atoms with E-state index in [0.717, 1.165) is 23.5 Å². The molecule has 2 heterocycles. The smallest absolute Gasteiger partial charge is 0.137 e. The summed E-state index contributed by atoms with van der Waals surface area (Å²) < 4.78 is 5.10. The van der Waals surface area contributed by atoms with E-state index in [4.69, 9.17) is 4.74 Å². The molecule has 2 aromatic heterocycles. The van der Waals surface area contributed by atoms with Crippen molar-refractivity contribution in [1.29, 1.82) is 0 Å². The number of hydrogen-bond donors (Lipinski definition) is 2. The summed E-state index contributed by atoms with van der Waals surface area (Å²) >= 11 is 0. The molecular weight excluding hydrogens is 190 g/mol. The zero-order chi connectivity index (χ0) is 10.5. The minimum atomic E-state index is 0.738. The molecule has 0 unspecified atom stereocenters. The van der Waals surface area contributed by atoms with Crippen LogP contribution in [0.3, 0.4) is 0 Å². The highest BCUT2D eigenvalue weighted by Crippen LogP contribution is 2.12. The Bertz CT molecular complexity index is 412. The SMILES string of the molecule is COc1cncc(CNc2cc[nH]c2)c1. The standard InChI is InChI=1S/C11H13N3O/c1-15-11-4-9(5-13-8-11)6-14-10-2-3-12-7-10/h2-5,7-8,12,14H,6H2,1H3. The van der Waals surface area contributed by atoms with E-state index >= 15 is 0 Å². The molecule has 0 aliphatic rings. The maximum Gasteiger partial charge on any atom is 0.137 e. The molecule has 0 spiro atoms. The zero-order valence-electron chi connectivity index (χ0n) is 8.53. The van der Waals surface area contributed by atoms with Crippen LogP contribution in [-0.4, -0.2) is 17.1 Å². The number of pyridine rings is 1. The molecule has 0 aliphatic heterocycles. The minimum Gasteiger partial charge on any atom is -0.495 e. The number of aromatic amines is 1. The first-order chi connectivity index (χ1) is 7.38. The van der Waals surface area contributed by atoms with Gasteiger partial charge in [-0.2, -0.15) is 0 Å². The van der Waals surface area contributed by atoms with Crippen LogP contribution < -0.4 is 10.1 Å². The third kappa shape index (κ3) is 2.49. The Kier molecular flexibility index (Phi) is 2.88. The lowest BCUT2D eigenvalue weighted by Gasteiger charge is -2.05. The number of aromatic nitrogens is 2. The quantitative estimate of drug-likeness (QED) is 0.799. The highest BCUT2D eigenvalue weighted by Gasteiger charge is 1.97. The lowest BCUT2D eigenvalue weighted by Crippen LogP contribution is -1.99. The fourth-order valence-corrected chi connectivity index (χ4v) is 1.31. The summed E-state index contributed by atoms with van der Waals surface area (Å²) in [5.74, 6) is 0.781. The van der Waals surface area contributed by atoms with E-state index in [0.29, 0.717) is 0 Å². The Hall–Kier alpha value is -1.97. The van der Waals surface area contributed by atoms with E-state index in [1.807, 2.05) is 30.7 Å². The number of methoxy groups -OCH3 is 1. The van der Waals surface area contributed by atoms with Gasteiger partial charge in [-0.3, -0.25) is 4.98 Å². The molecule has 15 heavy (non-hydrogen) atoms. The first kappa shape index (κ1) is 9.58. The Morgan fingerprint density at radius 3 is 3.13 bits per heavy atom. The van der Waals surface area contributed by atoms with Crippen molar-refractivity contribution in [2.45, 2.75) is 6.54 Å². The average Bonchev–Trinajstić information content (AvgIpc) is 2.79. The van der Waals surface area contributed by atoms with Crippen LogP contribution in [0.2, 0.25) is 0 Å². The highest BCUT2D eigenvalue weighted by atomic mass is 16.5. The number of rotatable bonds is 4. The lowest BCUT2D eigenvalue weighted by atomic mass is 10.2. The topological polar surface area (TPSA) is 49.9 Å². The van der Waals surface area contributed by atoms with Gasteiger partial charge in [-0.25, -0.2) is 0 Å². The van der Waals surface area contributed by atoms with Gasteiger partial charge < -0.3 is 15.0 Å². The summed E-state index contributed by atoms with van der Waals surface area (Å²) in [5, 5.41) is 3.27. The summed E-state index contributed by atoms with van der Waals surface area (Å²) in [6.07, 6.45) is 7.31. The largest absolute Gasteiger partial charge is 0.495 e. The van der Waals surface area contributed by atoms with Crippen molar-refractivity contribution >= 4 is 5.69 Å². The molecule has 2 N–H and O–H groups in total. The van der Waals surface area contributed by atoms with E-state index in [1.165, 1.54) is 0 Å². The molecule has 0 atom stereocenters. The van der Waals surface area contributed by atoms with Crippen molar-refractivity contribution < 1.29 is 4.74 Å². The fourth-order valence-electron chi connectivity index (χ4n) is 1.31. The molecule has 78 valence electrons. The predicted molar refractivity (Wildman–Crippen MR) is 58.9 cm³/mol. The first-order valence-corrected chi connectivity index (χ1v) is 4.73. The number of hydrogen-bond acceptors (Lipinski definition) is 3. The molecule has 0 saturated heterocycles. The summed E-state index contributed by atoms with van der Waals surface area (Å²) in [6, 6.07) is 3.94. The second-order valence-electron chi connectivity index (χ2n) is 3.19. The molecule has 2 aromatic rings. The van der Waals surface area contributed by atoms with Crippen molar-refractivity contribution in [1.82, 2.24) is 9.97 Å². The summed E-state index contributed by atoms with van der Waals surface area (Å²) in [6.45, 7) is 0.738. The Balaban J connectivity index is 1.98. The molecule has 0 bridgehead atoms. The Morgan fingerprint density at radius 1 is 1.47 bits per heavy atom. The molecular formula is C11H13N3O. The van der Waals surface area contributed by atoms with E-state index in [9.17, 15) is 0 Å². The number of nitrogens with zero attached hydrogens (tertiary/aromatic N) is 1. The van der Waals surface area contributed by atoms with Gasteiger partial charge >= 0.3 is 0 Å². The maximum atomic E-state index is 5.10. The lowest BCUT2D eigenvalue weighted by molar-refractivity contribution is 0.412. The van der Waals surface area contributed by atoms with Gasteiger partial charge in [-0.15, -0.1) is 0 Å². The fraction of sp³-hybridized carbons (Fsp3) is 0.182. The monoisotopic (exact) mass is 203 g/mol. The normalized spacial score (nSPS) is 9.93. The second-order valence-corrected chi connectivity index (χ2v) is 3.19. The maximum absolute atomic E-state index is 5.10. The number of ether oxygens (including phenoxy) is 1. The first-order valence-electron chi connectivity index (χ1n) is 4.73. The highest BCUT2D eigenvalue weighted by molar-refractivity contribution is 5.41. The molecule has 2 rings (SSSR count). The van der Waals surface area contributed by atoms with Crippen LogP contribution in [0.5, 0.6) is 5.75 Å². The third-order valence-corrected chi connectivity index (χ3v) is 2.10. The van der Waals surface area contributed by atoms with Gasteiger partial charge in [-0.1, -0.05) is 0 Å². The van der Waals surface area contributed by atoms with Crippen molar-refractivity contribution in [3.63, 3.8) is 0 Å². The van der Waals surface area contributed by atoms with Gasteiger partial charge in [0, 0.05) is 25.1 Å². The molecule has 4 heteroatoms. The van der Waals surface area contributed by atoms with E-state index in [2.05, 4.69) is 15.3 Å². The van der Waals surface area contributed by atoms with Crippen LogP contribution in [0.25, 0.3) is 0 Å². The van der Waals surface area contributed by atoms with Crippen LogP contribution in [-0.2, 0) is 6.54 Å². The molecule has 4 nitrogen and oxygen atoms in total. The van der Waals surface area contributed by atoms with Crippen LogP contribution in [0.4, 0.5) is 5.69 Å². The molecule has 0 fully saturated rings.